The summed E-state index contributed by atoms with van der Waals surface area (Å²) in [5.74, 6) is 3.42. The molecule has 0 aromatic carbocycles. The van der Waals surface area contributed by atoms with Crippen molar-refractivity contribution in [2.45, 2.75) is 84.3 Å². The lowest BCUT2D eigenvalue weighted by Crippen LogP contribution is -2.59. The highest BCUT2D eigenvalue weighted by molar-refractivity contribution is 7.75. The maximum atomic E-state index is 12.4. The fraction of sp³-hybridized carbons (Fsp3) is 0.955. The zero-order chi connectivity index (χ0) is 18.7. The van der Waals surface area contributed by atoms with Gasteiger partial charge in [0.2, 0.25) is 0 Å². The maximum Gasteiger partial charge on any atom is 0.133 e. The Bertz CT molecular complexity index is 566. The molecule has 26 heavy (non-hydrogen) atoms. The Balaban J connectivity index is 1.67. The van der Waals surface area contributed by atoms with Gasteiger partial charge in [0.15, 0.2) is 0 Å². The summed E-state index contributed by atoms with van der Waals surface area (Å²) in [7, 11) is 1.90. The first-order valence-corrected chi connectivity index (χ1v) is 11.0. The van der Waals surface area contributed by atoms with Gasteiger partial charge in [0.25, 0.3) is 0 Å². The quantitative estimate of drug-likeness (QED) is 0.547. The van der Waals surface area contributed by atoms with Crippen molar-refractivity contribution in [1.82, 2.24) is 0 Å². The molecular formula is C22H36O3S. The van der Waals surface area contributed by atoms with Gasteiger partial charge in [-0.1, -0.05) is 13.8 Å². The first kappa shape index (κ1) is 19.3. The Labute approximate surface area is 164 Å². The highest BCUT2D eigenvalue weighted by Crippen LogP contribution is 2.68. The van der Waals surface area contributed by atoms with E-state index in [4.69, 9.17) is 8.92 Å². The molecule has 0 unspecified atom stereocenters. The molecule has 0 aromatic rings. The molecule has 4 aliphatic carbocycles. The van der Waals surface area contributed by atoms with Crippen LogP contribution in [0, 0.1) is 40.4 Å². The second-order valence-corrected chi connectivity index (χ2v) is 10.5. The molecule has 4 heteroatoms. The number of ether oxygens (including phenoxy) is 1. The summed E-state index contributed by atoms with van der Waals surface area (Å²) in [6.45, 7) is 6.75. The smallest absolute Gasteiger partial charge is 0.133 e. The lowest BCUT2D eigenvalue weighted by Gasteiger charge is -2.63. The number of carbonyl (C=O) groups excluding carboxylic acids is 1. The van der Waals surface area contributed by atoms with E-state index in [0.29, 0.717) is 35.2 Å². The van der Waals surface area contributed by atoms with E-state index in [1.165, 1.54) is 25.7 Å². The van der Waals surface area contributed by atoms with Gasteiger partial charge in [-0.25, -0.2) is 0 Å². The van der Waals surface area contributed by atoms with Gasteiger partial charge in [0.05, 0.1) is 12.2 Å². The molecule has 0 N–H and O–H groups in total. The van der Waals surface area contributed by atoms with Crippen molar-refractivity contribution in [3.05, 3.63) is 0 Å². The number of hydrogen-bond acceptors (Lipinski definition) is 4. The van der Waals surface area contributed by atoms with Crippen molar-refractivity contribution in [1.29, 1.82) is 0 Å². The second-order valence-electron chi connectivity index (χ2n) is 10.3. The Morgan fingerprint density at radius 1 is 1.08 bits per heavy atom. The molecule has 4 aliphatic rings. The maximum absolute atomic E-state index is 12.4. The van der Waals surface area contributed by atoms with Crippen LogP contribution in [0.25, 0.3) is 0 Å². The molecule has 0 radical (unpaired) electrons. The van der Waals surface area contributed by atoms with Crippen LogP contribution in [0.1, 0.15) is 72.1 Å². The third-order valence-electron chi connectivity index (χ3n) is 9.47. The summed E-state index contributed by atoms with van der Waals surface area (Å²) >= 11 is 4.11. The highest BCUT2D eigenvalue weighted by Gasteiger charge is 2.64. The average molecular weight is 381 g/mol. The highest BCUT2D eigenvalue weighted by atomic mass is 32.1. The number of Topliss-reactive ketones (excluding diaryl/α,β-unsaturated/α-hetero) is 1. The molecule has 0 bridgehead atoms. The summed E-state index contributed by atoms with van der Waals surface area (Å²) in [6.07, 6.45) is 10.1. The van der Waals surface area contributed by atoms with E-state index in [1.807, 2.05) is 14.0 Å². The fourth-order valence-corrected chi connectivity index (χ4v) is 8.49. The Morgan fingerprint density at radius 3 is 2.50 bits per heavy atom. The van der Waals surface area contributed by atoms with Crippen LogP contribution in [0.4, 0.5) is 0 Å². The topological polar surface area (TPSA) is 35.5 Å². The molecule has 0 saturated heterocycles. The summed E-state index contributed by atoms with van der Waals surface area (Å²) in [5.41, 5.74) is 0.490. The Hall–Kier alpha value is -0.0600. The number of thiol groups is 1. The van der Waals surface area contributed by atoms with Gasteiger partial charge in [-0.3, -0.25) is 4.79 Å². The Kier molecular flexibility index (Phi) is 5.02. The summed E-state index contributed by atoms with van der Waals surface area (Å²) in [4.78, 5) is 12.4. The van der Waals surface area contributed by atoms with E-state index < -0.39 is 0 Å². The minimum absolute atomic E-state index is 0.141. The first-order chi connectivity index (χ1) is 12.3. The lowest BCUT2D eigenvalue weighted by atomic mass is 9.44. The number of hydrogen-bond donors (Lipinski definition) is 1. The molecule has 3 nitrogen and oxygen atoms in total. The van der Waals surface area contributed by atoms with Crippen LogP contribution in [0.5, 0.6) is 0 Å². The van der Waals surface area contributed by atoms with E-state index in [9.17, 15) is 4.79 Å². The summed E-state index contributed by atoms with van der Waals surface area (Å²) in [5, 5.41) is 0. The van der Waals surface area contributed by atoms with Crippen molar-refractivity contribution in [3.63, 3.8) is 0 Å². The number of rotatable bonds is 3. The third kappa shape index (κ3) is 2.65. The van der Waals surface area contributed by atoms with E-state index in [-0.39, 0.29) is 11.3 Å². The zero-order valence-electron chi connectivity index (χ0n) is 16.9. The average Bonchev–Trinajstić information content (AvgIpc) is 2.97. The van der Waals surface area contributed by atoms with Crippen molar-refractivity contribution >= 4 is 18.7 Å². The molecule has 0 amide bonds. The summed E-state index contributed by atoms with van der Waals surface area (Å²) in [6, 6.07) is 0. The molecule has 9 atom stereocenters. The van der Waals surface area contributed by atoms with Gasteiger partial charge in [0.1, 0.15) is 5.78 Å². The monoisotopic (exact) mass is 380 g/mol. The number of carbonyl (C=O) groups is 1. The van der Waals surface area contributed by atoms with E-state index >= 15 is 0 Å². The zero-order valence-corrected chi connectivity index (χ0v) is 17.8. The van der Waals surface area contributed by atoms with Gasteiger partial charge in [-0.2, -0.15) is 0 Å². The van der Waals surface area contributed by atoms with Gasteiger partial charge in [0, 0.05) is 13.0 Å². The number of methoxy groups -OCH3 is 1. The summed E-state index contributed by atoms with van der Waals surface area (Å²) < 4.78 is 11.6. The minimum atomic E-state index is 0.141. The minimum Gasteiger partial charge on any atom is -0.381 e. The standard InChI is InChI=1S/C22H36O3S/c1-13(23)17-7-8-18-16-6-5-14-11-15(25-26)9-10-21(14,2)20(16)19(24-4)12-22(17,18)3/h14-20,26H,5-12H2,1-4H3/t14-,15+,16-,17+,18-,19-,20+,21-,22+/m0/s1. The first-order valence-electron chi connectivity index (χ1n) is 10.7. The largest absolute Gasteiger partial charge is 0.381 e. The molecule has 0 spiro atoms. The third-order valence-corrected chi connectivity index (χ3v) is 9.76. The normalized spacial score (nSPS) is 53.5. The van der Waals surface area contributed by atoms with Crippen LogP contribution in [0.2, 0.25) is 0 Å². The van der Waals surface area contributed by atoms with Crippen LogP contribution >= 0.6 is 12.9 Å². The number of ketones is 1. The van der Waals surface area contributed by atoms with E-state index in [1.54, 1.807) is 0 Å². The van der Waals surface area contributed by atoms with Crippen LogP contribution in [-0.2, 0) is 13.7 Å². The molecule has 0 aliphatic heterocycles. The molecule has 0 heterocycles. The van der Waals surface area contributed by atoms with Crippen molar-refractivity contribution in [3.8, 4) is 0 Å². The van der Waals surface area contributed by atoms with Crippen molar-refractivity contribution < 1.29 is 13.7 Å². The number of fused-ring (bicyclic) bond motifs is 5. The molecule has 148 valence electrons. The van der Waals surface area contributed by atoms with Gasteiger partial charge < -0.3 is 8.92 Å². The molecule has 4 saturated carbocycles. The Morgan fingerprint density at radius 2 is 1.85 bits per heavy atom. The van der Waals surface area contributed by atoms with Crippen LogP contribution in [-0.4, -0.2) is 25.1 Å². The molecule has 4 rings (SSSR count). The molecule has 4 fully saturated rings. The molecule has 0 aromatic heterocycles. The van der Waals surface area contributed by atoms with Gasteiger partial charge in [-0.15, -0.1) is 0 Å². The van der Waals surface area contributed by atoms with Gasteiger partial charge in [-0.05, 0) is 106 Å². The van der Waals surface area contributed by atoms with Crippen LogP contribution in [0.15, 0.2) is 0 Å². The SMILES string of the molecule is CO[C@H]1C[C@]2(C)[C@@H](C(C)=O)CC[C@H]2[C@@H]2CC[C@H]3C[C@H](OS)CC[C@]3(C)[C@H]21. The van der Waals surface area contributed by atoms with E-state index in [0.717, 1.165) is 37.5 Å². The van der Waals surface area contributed by atoms with E-state index in [2.05, 4.69) is 26.8 Å². The van der Waals surface area contributed by atoms with Gasteiger partial charge >= 0.3 is 0 Å². The van der Waals surface area contributed by atoms with Crippen LogP contribution < -0.4 is 0 Å². The molecular weight excluding hydrogens is 344 g/mol. The fourth-order valence-electron chi connectivity index (χ4n) is 8.30. The predicted molar refractivity (Wildman–Crippen MR) is 106 cm³/mol. The van der Waals surface area contributed by atoms with Crippen molar-refractivity contribution in [2.24, 2.45) is 40.4 Å². The lowest BCUT2D eigenvalue weighted by molar-refractivity contribution is -0.184. The second kappa shape index (κ2) is 6.77. The van der Waals surface area contributed by atoms with Crippen LogP contribution in [0.3, 0.4) is 0 Å². The predicted octanol–water partition coefficient (Wildman–Crippen LogP) is 5.09. The van der Waals surface area contributed by atoms with Crippen molar-refractivity contribution in [2.75, 3.05) is 7.11 Å².